The minimum absolute atomic E-state index is 0.0717. The Morgan fingerprint density at radius 1 is 1.14 bits per heavy atom. The Labute approximate surface area is 165 Å². The zero-order valence-corrected chi connectivity index (χ0v) is 16.2. The lowest BCUT2D eigenvalue weighted by Crippen LogP contribution is -2.26. The Balaban J connectivity index is 1.50. The summed E-state index contributed by atoms with van der Waals surface area (Å²) in [5.74, 6) is 0.545. The summed E-state index contributed by atoms with van der Waals surface area (Å²) in [6.45, 7) is 2.63. The number of amides is 1. The van der Waals surface area contributed by atoms with Crippen molar-refractivity contribution in [1.82, 2.24) is 20.2 Å². The predicted octanol–water partition coefficient (Wildman–Crippen LogP) is 3.48. The van der Waals surface area contributed by atoms with Gasteiger partial charge in [0, 0.05) is 18.8 Å². The third-order valence-corrected chi connectivity index (χ3v) is 5.50. The fourth-order valence-electron chi connectivity index (χ4n) is 3.80. The molecular formula is C23H26N4O. The first-order valence-corrected chi connectivity index (χ1v) is 9.85. The molecule has 144 valence electrons. The Kier molecular flexibility index (Phi) is 5.53. The number of aromatic nitrogens is 2. The first-order valence-electron chi connectivity index (χ1n) is 9.85. The normalized spacial score (nSPS) is 14.8. The molecule has 0 saturated carbocycles. The average molecular weight is 374 g/mol. The molecule has 1 amide bonds. The zero-order chi connectivity index (χ0) is 19.3. The zero-order valence-electron chi connectivity index (χ0n) is 16.2. The second-order valence-electron chi connectivity index (χ2n) is 7.41. The summed E-state index contributed by atoms with van der Waals surface area (Å²) in [4.78, 5) is 16.7. The minimum atomic E-state index is -0.0717. The summed E-state index contributed by atoms with van der Waals surface area (Å²) >= 11 is 0. The highest BCUT2D eigenvalue weighted by Gasteiger charge is 2.16. The van der Waals surface area contributed by atoms with E-state index in [0.29, 0.717) is 18.0 Å². The molecule has 0 spiro atoms. The molecule has 1 aromatic heterocycles. The molecule has 5 heteroatoms. The van der Waals surface area contributed by atoms with Crippen LogP contribution >= 0.6 is 0 Å². The van der Waals surface area contributed by atoms with E-state index in [0.717, 1.165) is 29.9 Å². The topological polar surface area (TPSA) is 59.0 Å². The summed E-state index contributed by atoms with van der Waals surface area (Å²) in [7, 11) is 1.92. The summed E-state index contributed by atoms with van der Waals surface area (Å²) in [6.07, 6.45) is 5.86. The average Bonchev–Trinajstić information content (AvgIpc) is 3.17. The molecule has 1 aliphatic heterocycles. The van der Waals surface area contributed by atoms with Gasteiger partial charge < -0.3 is 15.2 Å². The van der Waals surface area contributed by atoms with Gasteiger partial charge in [-0.05, 0) is 60.7 Å². The molecule has 1 fully saturated rings. The van der Waals surface area contributed by atoms with Crippen molar-refractivity contribution < 1.29 is 4.79 Å². The van der Waals surface area contributed by atoms with Gasteiger partial charge in [-0.2, -0.15) is 0 Å². The number of hydrogen-bond acceptors (Lipinski definition) is 3. The van der Waals surface area contributed by atoms with E-state index in [1.165, 1.54) is 18.4 Å². The van der Waals surface area contributed by atoms with E-state index in [1.54, 1.807) is 12.5 Å². The maximum absolute atomic E-state index is 12.6. The highest BCUT2D eigenvalue weighted by atomic mass is 16.1. The van der Waals surface area contributed by atoms with Crippen molar-refractivity contribution in [2.45, 2.75) is 25.3 Å². The van der Waals surface area contributed by atoms with Crippen LogP contribution in [0.3, 0.4) is 0 Å². The van der Waals surface area contributed by atoms with E-state index >= 15 is 0 Å². The summed E-state index contributed by atoms with van der Waals surface area (Å²) < 4.78 is 1.91. The summed E-state index contributed by atoms with van der Waals surface area (Å²) in [5.41, 5.74) is 5.28. The molecule has 1 aliphatic rings. The van der Waals surface area contributed by atoms with Crippen LogP contribution in [0.1, 0.15) is 40.4 Å². The van der Waals surface area contributed by atoms with Crippen LogP contribution in [0.15, 0.2) is 61.1 Å². The van der Waals surface area contributed by atoms with Crippen LogP contribution in [0.2, 0.25) is 0 Å². The summed E-state index contributed by atoms with van der Waals surface area (Å²) in [5, 5.41) is 6.40. The van der Waals surface area contributed by atoms with Crippen molar-refractivity contribution in [2.75, 3.05) is 13.1 Å². The molecular weight excluding hydrogens is 348 g/mol. The van der Waals surface area contributed by atoms with Gasteiger partial charge in [-0.15, -0.1) is 0 Å². The van der Waals surface area contributed by atoms with Gasteiger partial charge in [0.2, 0.25) is 0 Å². The first kappa shape index (κ1) is 18.4. The van der Waals surface area contributed by atoms with E-state index in [9.17, 15) is 4.79 Å². The number of carbonyl (C=O) groups excluding carboxylic acids is 1. The Morgan fingerprint density at radius 3 is 2.64 bits per heavy atom. The van der Waals surface area contributed by atoms with Gasteiger partial charge in [-0.1, -0.05) is 36.4 Å². The van der Waals surface area contributed by atoms with E-state index in [4.69, 9.17) is 0 Å². The smallest absolute Gasteiger partial charge is 0.251 e. The number of carbonyl (C=O) groups is 1. The second kappa shape index (κ2) is 8.40. The first-order chi connectivity index (χ1) is 13.7. The maximum atomic E-state index is 12.6. The molecule has 0 radical (unpaired) electrons. The molecule has 0 aliphatic carbocycles. The molecule has 2 N–H and O–H groups in total. The maximum Gasteiger partial charge on any atom is 0.251 e. The van der Waals surface area contributed by atoms with Crippen LogP contribution in [0, 0.1) is 0 Å². The number of hydrogen-bond donors (Lipinski definition) is 2. The van der Waals surface area contributed by atoms with Gasteiger partial charge in [0.15, 0.2) is 0 Å². The molecule has 2 heterocycles. The van der Waals surface area contributed by atoms with Gasteiger partial charge in [-0.3, -0.25) is 4.79 Å². The van der Waals surface area contributed by atoms with Gasteiger partial charge in [0.05, 0.1) is 18.6 Å². The van der Waals surface area contributed by atoms with Crippen molar-refractivity contribution in [3.63, 3.8) is 0 Å². The highest BCUT2D eigenvalue weighted by molar-refractivity contribution is 5.95. The Morgan fingerprint density at radius 2 is 1.89 bits per heavy atom. The van der Waals surface area contributed by atoms with Crippen LogP contribution in [0.4, 0.5) is 0 Å². The molecule has 0 atom stereocenters. The minimum Gasteiger partial charge on any atom is -0.346 e. The van der Waals surface area contributed by atoms with E-state index in [1.807, 2.05) is 29.8 Å². The van der Waals surface area contributed by atoms with Gasteiger partial charge >= 0.3 is 0 Å². The number of aryl methyl sites for hydroxylation is 1. The van der Waals surface area contributed by atoms with Crippen molar-refractivity contribution in [1.29, 1.82) is 0 Å². The van der Waals surface area contributed by atoms with Crippen LogP contribution in [-0.2, 0) is 13.6 Å². The third kappa shape index (κ3) is 4.15. The highest BCUT2D eigenvalue weighted by Crippen LogP contribution is 2.29. The number of piperidine rings is 1. The van der Waals surface area contributed by atoms with Crippen molar-refractivity contribution in [2.24, 2.45) is 7.05 Å². The number of imidazole rings is 1. The lowest BCUT2D eigenvalue weighted by atomic mass is 9.88. The molecule has 1 saturated heterocycles. The van der Waals surface area contributed by atoms with Crippen LogP contribution in [0.25, 0.3) is 11.1 Å². The molecule has 28 heavy (non-hydrogen) atoms. The number of rotatable bonds is 5. The molecule has 2 aromatic carbocycles. The standard InChI is InChI=1S/C23H26N4O/c1-27-16-25-14-22(27)15-26-23(28)21-7-3-6-20(13-21)19-5-2-4-18(12-19)17-8-10-24-11-9-17/h2-7,12-14,16-17,24H,8-11,15H2,1H3,(H,26,28). The largest absolute Gasteiger partial charge is 0.346 e. The van der Waals surface area contributed by atoms with Crippen LogP contribution < -0.4 is 10.6 Å². The molecule has 4 rings (SSSR count). The number of nitrogens with zero attached hydrogens (tertiary/aromatic N) is 2. The Bertz CT molecular complexity index is 956. The molecule has 0 bridgehead atoms. The van der Waals surface area contributed by atoms with Gasteiger partial charge in [-0.25, -0.2) is 4.98 Å². The van der Waals surface area contributed by atoms with E-state index < -0.39 is 0 Å². The number of nitrogens with one attached hydrogen (secondary N) is 2. The quantitative estimate of drug-likeness (QED) is 0.719. The van der Waals surface area contributed by atoms with Gasteiger partial charge in [0.25, 0.3) is 5.91 Å². The molecule has 3 aromatic rings. The fraction of sp³-hybridized carbons (Fsp3) is 0.304. The number of benzene rings is 2. The van der Waals surface area contributed by atoms with E-state index in [2.05, 4.69) is 45.9 Å². The lowest BCUT2D eigenvalue weighted by molar-refractivity contribution is 0.0950. The van der Waals surface area contributed by atoms with Crippen molar-refractivity contribution >= 4 is 5.91 Å². The Hall–Kier alpha value is -2.92. The monoisotopic (exact) mass is 374 g/mol. The van der Waals surface area contributed by atoms with Crippen LogP contribution in [-0.4, -0.2) is 28.5 Å². The van der Waals surface area contributed by atoms with Crippen molar-refractivity contribution in [3.8, 4) is 11.1 Å². The lowest BCUT2D eigenvalue weighted by Gasteiger charge is -2.23. The summed E-state index contributed by atoms with van der Waals surface area (Å²) in [6, 6.07) is 16.6. The third-order valence-electron chi connectivity index (χ3n) is 5.50. The second-order valence-corrected chi connectivity index (χ2v) is 7.41. The predicted molar refractivity (Wildman–Crippen MR) is 111 cm³/mol. The van der Waals surface area contributed by atoms with Gasteiger partial charge in [0.1, 0.15) is 0 Å². The van der Waals surface area contributed by atoms with E-state index in [-0.39, 0.29) is 5.91 Å². The van der Waals surface area contributed by atoms with Crippen LogP contribution in [0.5, 0.6) is 0 Å². The molecule has 5 nitrogen and oxygen atoms in total. The SMILES string of the molecule is Cn1cncc1CNC(=O)c1cccc(-c2cccc(C3CCNCC3)c2)c1. The molecule has 0 unspecified atom stereocenters. The van der Waals surface area contributed by atoms with Crippen molar-refractivity contribution in [3.05, 3.63) is 77.9 Å². The fourth-order valence-corrected chi connectivity index (χ4v) is 3.80.